The molecule has 0 heterocycles. The topological polar surface area (TPSA) is 36.9 Å². The summed E-state index contributed by atoms with van der Waals surface area (Å²) in [5.41, 5.74) is 0. The van der Waals surface area contributed by atoms with Gasteiger partial charge in [0.2, 0.25) is 0 Å². The molecule has 0 aliphatic carbocycles. The van der Waals surface area contributed by atoms with Crippen LogP contribution < -0.4 is 0 Å². The van der Waals surface area contributed by atoms with Crippen LogP contribution in [0.1, 0.15) is 84.5 Å². The Kier molecular flexibility index (Phi) is 17.7. The number of unbranched alkanes of at least 4 members (excludes halogenated alkanes) is 9. The predicted molar refractivity (Wildman–Crippen MR) is 76.2 cm³/mol. The predicted octanol–water partition coefficient (Wildman–Crippen LogP) is 5.13. The summed E-state index contributed by atoms with van der Waals surface area (Å²) in [6.45, 7) is 5.44. The van der Waals surface area contributed by atoms with E-state index in [0.717, 1.165) is 19.3 Å². The SMILES string of the molecule is CCCCCCCCCCCOOOOCCCC. The van der Waals surface area contributed by atoms with E-state index in [1.165, 1.54) is 51.4 Å². The molecule has 0 saturated carbocycles. The molecule has 0 aromatic heterocycles. The monoisotopic (exact) mass is 276 g/mol. The van der Waals surface area contributed by atoms with Gasteiger partial charge in [-0.1, -0.05) is 71.6 Å². The van der Waals surface area contributed by atoms with Crippen LogP contribution in [0.4, 0.5) is 0 Å². The Bertz CT molecular complexity index is 137. The highest BCUT2D eigenvalue weighted by Crippen LogP contribution is 2.09. The van der Waals surface area contributed by atoms with Crippen LogP contribution in [0.3, 0.4) is 0 Å². The average molecular weight is 276 g/mol. The standard InChI is InChI=1S/C15H32O4/c1-3-5-7-8-9-10-11-12-13-15-17-19-18-16-14-6-4-2/h3-15H2,1-2H3. The molecule has 0 unspecified atom stereocenters. The van der Waals surface area contributed by atoms with Crippen LogP contribution in [-0.2, 0) is 19.9 Å². The van der Waals surface area contributed by atoms with E-state index in [2.05, 4.69) is 23.9 Å². The molecule has 0 aliphatic heterocycles. The molecule has 0 bridgehead atoms. The van der Waals surface area contributed by atoms with Gasteiger partial charge in [-0.25, -0.2) is 9.78 Å². The molecular formula is C15H32O4. The molecule has 4 nitrogen and oxygen atoms in total. The van der Waals surface area contributed by atoms with E-state index in [1.807, 2.05) is 0 Å². The van der Waals surface area contributed by atoms with Crippen molar-refractivity contribution in [1.82, 2.24) is 0 Å². The minimum Gasteiger partial charge on any atom is -0.204 e. The first-order valence-corrected chi connectivity index (χ1v) is 7.99. The lowest BCUT2D eigenvalue weighted by Crippen LogP contribution is -2.01. The summed E-state index contributed by atoms with van der Waals surface area (Å²) in [7, 11) is 0. The largest absolute Gasteiger partial charge is 0.204 e. The van der Waals surface area contributed by atoms with Crippen molar-refractivity contribution < 1.29 is 19.9 Å². The maximum atomic E-state index is 4.83. The van der Waals surface area contributed by atoms with Gasteiger partial charge in [0.05, 0.1) is 13.2 Å². The minimum atomic E-state index is 0.540. The summed E-state index contributed by atoms with van der Waals surface area (Å²) in [6, 6.07) is 0. The fourth-order valence-corrected chi connectivity index (χ4v) is 1.78. The molecular weight excluding hydrogens is 244 g/mol. The van der Waals surface area contributed by atoms with Gasteiger partial charge in [0.15, 0.2) is 0 Å². The van der Waals surface area contributed by atoms with E-state index in [-0.39, 0.29) is 0 Å². The highest BCUT2D eigenvalue weighted by molar-refractivity contribution is 4.46. The van der Waals surface area contributed by atoms with Crippen LogP contribution in [-0.4, -0.2) is 13.2 Å². The van der Waals surface area contributed by atoms with Gasteiger partial charge < -0.3 is 0 Å². The van der Waals surface area contributed by atoms with Gasteiger partial charge in [-0.3, -0.25) is 0 Å². The van der Waals surface area contributed by atoms with E-state index in [9.17, 15) is 0 Å². The van der Waals surface area contributed by atoms with Gasteiger partial charge in [-0.2, -0.15) is 0 Å². The molecule has 4 heteroatoms. The number of hydrogen-bond acceptors (Lipinski definition) is 4. The highest BCUT2D eigenvalue weighted by atomic mass is 17.7. The van der Waals surface area contributed by atoms with Crippen molar-refractivity contribution in [2.75, 3.05) is 13.2 Å². The first kappa shape index (κ1) is 18.8. The molecule has 0 amide bonds. The van der Waals surface area contributed by atoms with E-state index in [1.54, 1.807) is 0 Å². The molecule has 0 atom stereocenters. The Morgan fingerprint density at radius 3 is 1.42 bits per heavy atom. The van der Waals surface area contributed by atoms with Gasteiger partial charge in [-0.15, -0.1) is 0 Å². The first-order valence-electron chi connectivity index (χ1n) is 7.99. The minimum absolute atomic E-state index is 0.540. The lowest BCUT2D eigenvalue weighted by Gasteiger charge is -2.03. The normalized spacial score (nSPS) is 11.1. The lowest BCUT2D eigenvalue weighted by atomic mass is 10.1. The Morgan fingerprint density at radius 1 is 0.474 bits per heavy atom. The fourth-order valence-electron chi connectivity index (χ4n) is 1.78. The van der Waals surface area contributed by atoms with Crippen LogP contribution in [0.5, 0.6) is 0 Å². The molecule has 0 fully saturated rings. The summed E-state index contributed by atoms with van der Waals surface area (Å²) in [5.74, 6) is 0. The molecule has 0 aromatic carbocycles. The van der Waals surface area contributed by atoms with Gasteiger partial charge in [-0.05, 0) is 22.9 Å². The molecule has 0 aliphatic rings. The molecule has 0 saturated heterocycles. The maximum absolute atomic E-state index is 4.83. The second kappa shape index (κ2) is 17.8. The van der Waals surface area contributed by atoms with Crippen LogP contribution >= 0.6 is 0 Å². The summed E-state index contributed by atoms with van der Waals surface area (Å²) >= 11 is 0. The van der Waals surface area contributed by atoms with Crippen molar-refractivity contribution in [1.29, 1.82) is 0 Å². The van der Waals surface area contributed by atoms with Gasteiger partial charge >= 0.3 is 0 Å². The van der Waals surface area contributed by atoms with Crippen molar-refractivity contribution >= 4 is 0 Å². The molecule has 0 aromatic rings. The Hall–Kier alpha value is -0.160. The second-order valence-electron chi connectivity index (χ2n) is 4.96. The number of hydrogen-bond donors (Lipinski definition) is 0. The van der Waals surface area contributed by atoms with Crippen LogP contribution in [0.25, 0.3) is 0 Å². The smallest absolute Gasteiger partial charge is 0.0854 e. The van der Waals surface area contributed by atoms with Crippen molar-refractivity contribution in [3.63, 3.8) is 0 Å². The first-order chi connectivity index (χ1) is 9.41. The summed E-state index contributed by atoms with van der Waals surface area (Å²) < 4.78 is 0. The zero-order valence-corrected chi connectivity index (χ0v) is 12.8. The summed E-state index contributed by atoms with van der Waals surface area (Å²) in [5, 5.41) is 8.83. The van der Waals surface area contributed by atoms with Crippen LogP contribution in [0, 0.1) is 0 Å². The molecule has 0 radical (unpaired) electrons. The molecule has 0 spiro atoms. The Balaban J connectivity index is 2.88. The van der Waals surface area contributed by atoms with Gasteiger partial charge in [0, 0.05) is 0 Å². The Morgan fingerprint density at radius 2 is 0.895 bits per heavy atom. The Labute approximate surface area is 118 Å². The van der Waals surface area contributed by atoms with Gasteiger partial charge in [0.1, 0.15) is 0 Å². The summed E-state index contributed by atoms with van der Waals surface area (Å²) in [6.07, 6.45) is 13.7. The molecule has 19 heavy (non-hydrogen) atoms. The van der Waals surface area contributed by atoms with Gasteiger partial charge in [0.25, 0.3) is 0 Å². The molecule has 116 valence electrons. The maximum Gasteiger partial charge on any atom is 0.0854 e. The third-order valence-electron chi connectivity index (χ3n) is 3.04. The van der Waals surface area contributed by atoms with Crippen molar-refractivity contribution in [2.24, 2.45) is 0 Å². The third kappa shape index (κ3) is 17.8. The second-order valence-corrected chi connectivity index (χ2v) is 4.96. The van der Waals surface area contributed by atoms with E-state index >= 15 is 0 Å². The molecule has 0 N–H and O–H groups in total. The van der Waals surface area contributed by atoms with Crippen LogP contribution in [0.2, 0.25) is 0 Å². The van der Waals surface area contributed by atoms with Crippen molar-refractivity contribution in [3.8, 4) is 0 Å². The quantitative estimate of drug-likeness (QED) is 0.222. The van der Waals surface area contributed by atoms with Crippen molar-refractivity contribution in [2.45, 2.75) is 84.5 Å². The lowest BCUT2D eigenvalue weighted by molar-refractivity contribution is -0.634. The zero-order chi connectivity index (χ0) is 14.0. The zero-order valence-electron chi connectivity index (χ0n) is 12.8. The van der Waals surface area contributed by atoms with Crippen molar-refractivity contribution in [3.05, 3.63) is 0 Å². The molecule has 0 rings (SSSR count). The van der Waals surface area contributed by atoms with E-state index in [4.69, 9.17) is 9.78 Å². The van der Waals surface area contributed by atoms with Crippen LogP contribution in [0.15, 0.2) is 0 Å². The highest BCUT2D eigenvalue weighted by Gasteiger charge is 1.94. The van der Waals surface area contributed by atoms with E-state index in [0.29, 0.717) is 13.2 Å². The fraction of sp³-hybridized carbons (Fsp3) is 1.00. The van der Waals surface area contributed by atoms with E-state index < -0.39 is 0 Å². The third-order valence-corrected chi connectivity index (χ3v) is 3.04. The number of rotatable bonds is 16. The summed E-state index contributed by atoms with van der Waals surface area (Å²) in [4.78, 5) is 9.54. The average Bonchev–Trinajstić information content (AvgIpc) is 2.43.